The maximum atomic E-state index is 12.7. The molecule has 3 aliphatic heterocycles. The average molecular weight is 1680 g/mol. The summed E-state index contributed by atoms with van der Waals surface area (Å²) in [5.41, 5.74) is 16.8. The molecule has 3 atom stereocenters. The molecule has 38 heteroatoms. The second-order valence-electron chi connectivity index (χ2n) is 22.4. The molecule has 10 heterocycles. The van der Waals surface area contributed by atoms with Gasteiger partial charge in [-0.3, -0.25) is 14.4 Å². The highest BCUT2D eigenvalue weighted by Gasteiger charge is 2.34. The second-order valence-corrected chi connectivity index (χ2v) is 25.9. The van der Waals surface area contributed by atoms with E-state index in [0.29, 0.717) is 91.7 Å². The summed E-state index contributed by atoms with van der Waals surface area (Å²) in [5.74, 6) is -0.599. The zero-order valence-electron chi connectivity index (χ0n) is 53.8. The van der Waals surface area contributed by atoms with Crippen molar-refractivity contribution < 1.29 is 73.8 Å². The fraction of sp³-hybridized carbons (Fsp3) is 0.227. The standard InChI is InChI=1S/C22H20F3N5O.C16H15BrF3N5O.C10H12F3N3.C6H7BO2.C6H4BrClN2O.C6H3BrClNO2/c23-22(24,25)16-6-7-19(27-12-16)29-17-8-9-30(13-17)21-18(20(26)31)10-15(11-28-21)14-4-2-1-3-5-14;17-10-5-12(14(21)26)15(23-7-10)25-4-3-11(8-25)24-13-2-1-9(6-22-13)16(18,19)20;11-10(12,13)7-1-2-9(15-5-7)16-8-3-4-14-6-8;8-7(9)6-4-2-1-3-5-6;7-3-1-4(6(9)11)5(8)10-2-3;7-3-1-4(6(10)11)5(8)9-2-3/h1-7,10-12,17H,8-9,13H2,(H2,26,31)(H,27,29);1-2,5-7,11H,3-4,8H2,(H2,21,26)(H,22,24);1-2,5,8,14H,3-4,6H2,(H,15,16);1-5,8-9H;1-2H,(H2,9,11);1-2H,(H,10,11)/t17-;11-;8-;;;/m000.../s1. The van der Waals surface area contributed by atoms with Gasteiger partial charge in [-0.25, -0.2) is 39.7 Å². The van der Waals surface area contributed by atoms with Gasteiger partial charge in [0.1, 0.15) is 39.4 Å². The number of amides is 3. The fourth-order valence-corrected chi connectivity index (χ4v) is 11.2. The van der Waals surface area contributed by atoms with Gasteiger partial charge in [0.15, 0.2) is 0 Å². The van der Waals surface area contributed by atoms with E-state index in [-0.39, 0.29) is 39.6 Å². The molecule has 12 rings (SSSR count). The molecule has 548 valence electrons. The van der Waals surface area contributed by atoms with Crippen molar-refractivity contribution in [3.63, 3.8) is 0 Å². The van der Waals surface area contributed by atoms with E-state index in [0.717, 1.165) is 73.8 Å². The van der Waals surface area contributed by atoms with E-state index in [1.807, 2.05) is 46.2 Å². The highest BCUT2D eigenvalue weighted by atomic mass is 79.9. The number of aromatic nitrogens is 7. The van der Waals surface area contributed by atoms with Gasteiger partial charge in [0.25, 0.3) is 17.7 Å². The summed E-state index contributed by atoms with van der Waals surface area (Å²) < 4.78 is 114. The van der Waals surface area contributed by atoms with Gasteiger partial charge in [-0.15, -0.1) is 0 Å². The summed E-state index contributed by atoms with van der Waals surface area (Å²) >= 11 is 20.5. The number of carboxylic acids is 1. The SMILES string of the molecule is FC(F)(F)c1ccc(N[C@H]2CCNC2)nc1.NC(=O)c1cc(-c2ccccc2)cnc1N1CC[C@H](Nc2ccc(C(F)(F)F)cn2)C1.NC(=O)c1cc(Br)cnc1Cl.NC(=O)c1cc(Br)cnc1N1CC[C@H](Nc2ccc(C(F)(F)F)cn2)C1.O=C(O)c1cc(Br)cnc1Cl.OB(O)c1ccccc1. The molecular formula is C66H61BBr3Cl2F9N16O7. The molecule has 9 aromatic rings. The fourth-order valence-electron chi connectivity index (χ4n) is 9.82. The Hall–Kier alpha value is -9.30. The molecule has 0 bridgehead atoms. The summed E-state index contributed by atoms with van der Waals surface area (Å²) in [4.78, 5) is 76.2. The van der Waals surface area contributed by atoms with Crippen LogP contribution in [0.25, 0.3) is 11.1 Å². The van der Waals surface area contributed by atoms with Gasteiger partial charge < -0.3 is 63.4 Å². The zero-order valence-corrected chi connectivity index (χ0v) is 60.1. The Labute approximate surface area is 623 Å². The smallest absolute Gasteiger partial charge is 0.478 e. The van der Waals surface area contributed by atoms with Crippen molar-refractivity contribution in [1.29, 1.82) is 0 Å². The van der Waals surface area contributed by atoms with Gasteiger partial charge in [0.05, 0.1) is 38.9 Å². The van der Waals surface area contributed by atoms with Gasteiger partial charge in [0.2, 0.25) is 0 Å². The Bertz CT molecular complexity index is 4290. The minimum Gasteiger partial charge on any atom is -0.478 e. The van der Waals surface area contributed by atoms with E-state index in [2.05, 4.69) is 104 Å². The number of pyridine rings is 7. The Balaban J connectivity index is 0.000000186. The zero-order chi connectivity index (χ0) is 76.1. The molecule has 0 saturated carbocycles. The minimum atomic E-state index is -4.42. The van der Waals surface area contributed by atoms with Gasteiger partial charge >= 0.3 is 31.6 Å². The minimum absolute atomic E-state index is 0.000648. The van der Waals surface area contributed by atoms with Crippen molar-refractivity contribution >= 4 is 136 Å². The summed E-state index contributed by atoms with van der Waals surface area (Å²) in [5, 5.41) is 38.3. The number of carbonyl (C=O) groups is 4. The van der Waals surface area contributed by atoms with Gasteiger partial charge in [-0.2, -0.15) is 39.5 Å². The average Bonchev–Trinajstić information content (AvgIpc) is 1.52. The number of alkyl halides is 9. The second kappa shape index (κ2) is 37.9. The Morgan fingerprint density at radius 2 is 0.865 bits per heavy atom. The Morgan fingerprint density at radius 1 is 0.481 bits per heavy atom. The monoisotopic (exact) mass is 1680 g/mol. The molecular weight excluding hydrogens is 1620 g/mol. The molecule has 3 aliphatic rings. The van der Waals surface area contributed by atoms with Crippen LogP contribution in [0.2, 0.25) is 10.3 Å². The van der Waals surface area contributed by atoms with E-state index in [9.17, 15) is 58.7 Å². The van der Waals surface area contributed by atoms with Crippen LogP contribution < -0.4 is 53.7 Å². The number of hydrogen-bond acceptors (Lipinski definition) is 19. The van der Waals surface area contributed by atoms with Crippen LogP contribution in [0.4, 0.5) is 68.6 Å². The number of primary amides is 3. The van der Waals surface area contributed by atoms with Gasteiger partial charge in [-0.1, -0.05) is 83.9 Å². The Kier molecular flexibility index (Phi) is 29.9. The van der Waals surface area contributed by atoms with Gasteiger partial charge in [-0.05, 0) is 145 Å². The number of carboxylic acid groups (broad SMARTS) is 1. The first-order valence-electron chi connectivity index (χ1n) is 30.6. The van der Waals surface area contributed by atoms with E-state index in [4.69, 9.17) is 55.6 Å². The molecule has 23 nitrogen and oxygen atoms in total. The maximum Gasteiger partial charge on any atom is 0.488 e. The number of halogens is 14. The van der Waals surface area contributed by atoms with Crippen molar-refractivity contribution in [2.45, 2.75) is 55.9 Å². The topological polar surface area (TPSA) is 352 Å². The molecule has 104 heavy (non-hydrogen) atoms. The summed E-state index contributed by atoms with van der Waals surface area (Å²) in [6.45, 7) is 4.04. The molecule has 0 aliphatic carbocycles. The number of anilines is 5. The van der Waals surface area contributed by atoms with Crippen molar-refractivity contribution in [1.82, 2.24) is 40.2 Å². The molecule has 7 aromatic heterocycles. The molecule has 0 spiro atoms. The van der Waals surface area contributed by atoms with Crippen LogP contribution in [-0.2, 0) is 18.5 Å². The van der Waals surface area contributed by atoms with Crippen molar-refractivity contribution in [3.8, 4) is 11.1 Å². The lowest BCUT2D eigenvalue weighted by atomic mass is 9.81. The summed E-state index contributed by atoms with van der Waals surface area (Å²) in [7, 11) is -1.34. The highest BCUT2D eigenvalue weighted by molar-refractivity contribution is 9.11. The first kappa shape index (κ1) is 82.0. The first-order valence-corrected chi connectivity index (χ1v) is 33.7. The van der Waals surface area contributed by atoms with Crippen LogP contribution in [-0.4, -0.2) is 138 Å². The number of carbonyl (C=O) groups excluding carboxylic acids is 3. The third-order valence-corrected chi connectivity index (χ3v) is 16.8. The Morgan fingerprint density at radius 3 is 1.22 bits per heavy atom. The van der Waals surface area contributed by atoms with E-state index < -0.39 is 66.0 Å². The van der Waals surface area contributed by atoms with Crippen LogP contribution in [0.15, 0.2) is 178 Å². The van der Waals surface area contributed by atoms with E-state index in [1.165, 1.54) is 42.7 Å². The quantitative estimate of drug-likeness (QED) is 0.0275. The summed E-state index contributed by atoms with van der Waals surface area (Å²) in [6, 6.07) is 31.7. The molecule has 3 saturated heterocycles. The normalized spacial score (nSPS) is 15.3. The van der Waals surface area contributed by atoms with Crippen LogP contribution in [0.5, 0.6) is 0 Å². The lowest BCUT2D eigenvalue weighted by Gasteiger charge is -2.21. The number of aromatic carboxylic acids is 1. The lowest BCUT2D eigenvalue weighted by Crippen LogP contribution is -2.29. The van der Waals surface area contributed by atoms with Crippen LogP contribution in [0.3, 0.4) is 0 Å². The number of hydrogen-bond donors (Lipinski definition) is 10. The molecule has 3 amide bonds. The number of rotatable bonds is 14. The third-order valence-electron chi connectivity index (χ3n) is 14.9. The van der Waals surface area contributed by atoms with Crippen LogP contribution >= 0.6 is 71.0 Å². The van der Waals surface area contributed by atoms with Crippen molar-refractivity contribution in [2.75, 3.05) is 65.0 Å². The first-order chi connectivity index (χ1) is 49.1. The molecule has 13 N–H and O–H groups in total. The van der Waals surface area contributed by atoms with Crippen LogP contribution in [0.1, 0.15) is 77.4 Å². The van der Waals surface area contributed by atoms with Crippen molar-refractivity contribution in [3.05, 3.63) is 227 Å². The number of nitrogens with zero attached hydrogens (tertiary/aromatic N) is 9. The van der Waals surface area contributed by atoms with Crippen molar-refractivity contribution in [2.24, 2.45) is 17.2 Å². The molecule has 2 aromatic carbocycles. The predicted molar refractivity (Wildman–Crippen MR) is 385 cm³/mol. The highest BCUT2D eigenvalue weighted by Crippen LogP contribution is 2.34. The number of benzene rings is 2. The van der Waals surface area contributed by atoms with Gasteiger partial charge in [0, 0.05) is 113 Å². The maximum absolute atomic E-state index is 12.7. The lowest BCUT2D eigenvalue weighted by molar-refractivity contribution is -0.138. The van der Waals surface area contributed by atoms with E-state index >= 15 is 0 Å². The third kappa shape index (κ3) is 25.3. The predicted octanol–water partition coefficient (Wildman–Crippen LogP) is 12.0. The van der Waals surface area contributed by atoms with Crippen LogP contribution in [0, 0.1) is 0 Å². The largest absolute Gasteiger partial charge is 0.488 e. The number of nitrogens with two attached hydrogens (primary N) is 3. The summed E-state index contributed by atoms with van der Waals surface area (Å²) in [6.07, 6.45) is -2.07. The number of nitrogens with one attached hydrogen (secondary N) is 4. The molecule has 0 radical (unpaired) electrons. The van der Waals surface area contributed by atoms with E-state index in [1.54, 1.807) is 48.8 Å². The molecule has 0 unspecified atom stereocenters. The molecule has 3 fully saturated rings.